The summed E-state index contributed by atoms with van der Waals surface area (Å²) in [7, 11) is 1.70. The van der Waals surface area contributed by atoms with Crippen LogP contribution in [0.1, 0.15) is 12.8 Å². The van der Waals surface area contributed by atoms with E-state index in [1.807, 2.05) is 24.3 Å². The third-order valence-corrected chi connectivity index (χ3v) is 2.81. The molecule has 1 heterocycles. The first-order valence-corrected chi connectivity index (χ1v) is 5.50. The van der Waals surface area contributed by atoms with E-state index in [1.54, 1.807) is 7.11 Å². The van der Waals surface area contributed by atoms with Crippen LogP contribution >= 0.6 is 0 Å². The van der Waals surface area contributed by atoms with Gasteiger partial charge in [0.25, 0.3) is 0 Å². The summed E-state index contributed by atoms with van der Waals surface area (Å²) in [5.74, 6) is 0.912. The predicted molar refractivity (Wildman–Crippen MR) is 62.5 cm³/mol. The van der Waals surface area contributed by atoms with Gasteiger partial charge in [-0.3, -0.25) is 0 Å². The lowest BCUT2D eigenvalue weighted by atomic mass is 10.2. The zero-order valence-electron chi connectivity index (χ0n) is 9.12. The number of nitrogens with one attached hydrogen (secondary N) is 2. The maximum absolute atomic E-state index is 5.28. The average Bonchev–Trinajstić information content (AvgIpc) is 2.79. The van der Waals surface area contributed by atoms with Crippen LogP contribution in [0.5, 0.6) is 5.75 Å². The fraction of sp³-hybridized carbons (Fsp3) is 0.500. The maximum Gasteiger partial charge on any atom is 0.141 e. The Bertz CT molecular complexity index is 308. The molecule has 1 fully saturated rings. The first kappa shape index (κ1) is 10.3. The molecule has 1 aromatic carbocycles. The van der Waals surface area contributed by atoms with Gasteiger partial charge in [-0.25, -0.2) is 0 Å². The van der Waals surface area contributed by atoms with Gasteiger partial charge in [-0.15, -0.1) is 0 Å². The van der Waals surface area contributed by atoms with Gasteiger partial charge < -0.3 is 15.4 Å². The fourth-order valence-corrected chi connectivity index (χ4v) is 1.95. The Kier molecular flexibility index (Phi) is 3.45. The molecule has 3 heteroatoms. The maximum atomic E-state index is 5.28. The lowest BCUT2D eigenvalue weighted by molar-refractivity contribution is 0.416. The van der Waals surface area contributed by atoms with Gasteiger partial charge in [0.15, 0.2) is 0 Å². The topological polar surface area (TPSA) is 33.3 Å². The zero-order chi connectivity index (χ0) is 10.5. The minimum atomic E-state index is 0.606. The molecule has 2 rings (SSSR count). The first-order valence-electron chi connectivity index (χ1n) is 5.50. The van der Waals surface area contributed by atoms with E-state index in [0.717, 1.165) is 24.5 Å². The van der Waals surface area contributed by atoms with Gasteiger partial charge in [-0.2, -0.15) is 0 Å². The summed E-state index contributed by atoms with van der Waals surface area (Å²) in [6.07, 6.45) is 2.56. The number of ether oxygens (including phenoxy) is 1. The number of anilines is 1. The smallest absolute Gasteiger partial charge is 0.141 e. The van der Waals surface area contributed by atoms with Crippen molar-refractivity contribution in [2.45, 2.75) is 18.9 Å². The van der Waals surface area contributed by atoms with E-state index in [-0.39, 0.29) is 0 Å². The number of rotatable bonds is 4. The monoisotopic (exact) mass is 206 g/mol. The van der Waals surface area contributed by atoms with Gasteiger partial charge >= 0.3 is 0 Å². The SMILES string of the molecule is COc1ccccc1NC[C@@H]1CCCN1. The molecule has 1 atom stereocenters. The van der Waals surface area contributed by atoms with E-state index in [2.05, 4.69) is 10.6 Å². The van der Waals surface area contributed by atoms with Gasteiger partial charge in [-0.1, -0.05) is 12.1 Å². The van der Waals surface area contributed by atoms with Crippen LogP contribution in [0.4, 0.5) is 5.69 Å². The van der Waals surface area contributed by atoms with Crippen molar-refractivity contribution in [3.63, 3.8) is 0 Å². The molecule has 82 valence electrons. The Morgan fingerprint density at radius 3 is 3.07 bits per heavy atom. The van der Waals surface area contributed by atoms with Crippen LogP contribution in [0, 0.1) is 0 Å². The van der Waals surface area contributed by atoms with Crippen molar-refractivity contribution >= 4 is 5.69 Å². The summed E-state index contributed by atoms with van der Waals surface area (Å²) in [5.41, 5.74) is 1.08. The van der Waals surface area contributed by atoms with Crippen LogP contribution in [0.2, 0.25) is 0 Å². The number of benzene rings is 1. The summed E-state index contributed by atoms with van der Waals surface area (Å²) in [4.78, 5) is 0. The standard InChI is InChI=1S/C12H18N2O/c1-15-12-7-3-2-6-11(12)14-9-10-5-4-8-13-10/h2-3,6-7,10,13-14H,4-5,8-9H2,1H3/t10-/m0/s1. The van der Waals surface area contributed by atoms with Gasteiger partial charge in [-0.05, 0) is 31.5 Å². The normalized spacial score (nSPS) is 20.2. The van der Waals surface area contributed by atoms with Crippen molar-refractivity contribution < 1.29 is 4.74 Å². The summed E-state index contributed by atoms with van der Waals surface area (Å²) >= 11 is 0. The molecular weight excluding hydrogens is 188 g/mol. The second kappa shape index (κ2) is 5.03. The van der Waals surface area contributed by atoms with Crippen LogP contribution in [-0.4, -0.2) is 26.2 Å². The van der Waals surface area contributed by atoms with Crippen LogP contribution in [0.3, 0.4) is 0 Å². The van der Waals surface area contributed by atoms with Crippen LogP contribution in [-0.2, 0) is 0 Å². The zero-order valence-corrected chi connectivity index (χ0v) is 9.12. The van der Waals surface area contributed by atoms with Crippen molar-refractivity contribution in [1.29, 1.82) is 0 Å². The van der Waals surface area contributed by atoms with E-state index in [9.17, 15) is 0 Å². The number of hydrogen-bond donors (Lipinski definition) is 2. The molecule has 0 saturated carbocycles. The molecule has 0 radical (unpaired) electrons. The largest absolute Gasteiger partial charge is 0.495 e. The van der Waals surface area contributed by atoms with Crippen LogP contribution in [0.15, 0.2) is 24.3 Å². The number of hydrogen-bond acceptors (Lipinski definition) is 3. The van der Waals surface area contributed by atoms with Gasteiger partial charge in [0.1, 0.15) is 5.75 Å². The van der Waals surface area contributed by atoms with Crippen molar-refractivity contribution in [2.75, 3.05) is 25.5 Å². The molecule has 0 aliphatic carbocycles. The summed E-state index contributed by atoms with van der Waals surface area (Å²) in [5, 5.41) is 6.88. The molecule has 0 unspecified atom stereocenters. The molecular formula is C12H18N2O. The highest BCUT2D eigenvalue weighted by atomic mass is 16.5. The Morgan fingerprint density at radius 2 is 2.33 bits per heavy atom. The highest BCUT2D eigenvalue weighted by Gasteiger charge is 2.13. The molecule has 3 nitrogen and oxygen atoms in total. The third kappa shape index (κ3) is 2.63. The van der Waals surface area contributed by atoms with Gasteiger partial charge in [0.2, 0.25) is 0 Å². The molecule has 0 spiro atoms. The second-order valence-corrected chi connectivity index (χ2v) is 3.87. The molecule has 0 bridgehead atoms. The average molecular weight is 206 g/mol. The van der Waals surface area contributed by atoms with E-state index in [1.165, 1.54) is 12.8 Å². The second-order valence-electron chi connectivity index (χ2n) is 3.87. The Morgan fingerprint density at radius 1 is 1.47 bits per heavy atom. The Balaban J connectivity index is 1.91. The number of methoxy groups -OCH3 is 1. The van der Waals surface area contributed by atoms with Gasteiger partial charge in [0, 0.05) is 12.6 Å². The highest BCUT2D eigenvalue weighted by Crippen LogP contribution is 2.23. The number of para-hydroxylation sites is 2. The van der Waals surface area contributed by atoms with E-state index >= 15 is 0 Å². The molecule has 2 N–H and O–H groups in total. The fourth-order valence-electron chi connectivity index (χ4n) is 1.95. The molecule has 1 aliphatic rings. The van der Waals surface area contributed by atoms with Crippen molar-refractivity contribution in [3.05, 3.63) is 24.3 Å². The lowest BCUT2D eigenvalue weighted by Crippen LogP contribution is -2.29. The third-order valence-electron chi connectivity index (χ3n) is 2.81. The summed E-state index contributed by atoms with van der Waals surface area (Å²) in [6.45, 7) is 2.12. The predicted octanol–water partition coefficient (Wildman–Crippen LogP) is 1.86. The van der Waals surface area contributed by atoms with E-state index in [4.69, 9.17) is 4.74 Å². The summed E-state index contributed by atoms with van der Waals surface area (Å²) < 4.78 is 5.28. The minimum Gasteiger partial charge on any atom is -0.495 e. The minimum absolute atomic E-state index is 0.606. The quantitative estimate of drug-likeness (QED) is 0.789. The molecule has 1 aromatic rings. The molecule has 15 heavy (non-hydrogen) atoms. The molecule has 0 aromatic heterocycles. The molecule has 1 aliphatic heterocycles. The van der Waals surface area contributed by atoms with Gasteiger partial charge in [0.05, 0.1) is 12.8 Å². The van der Waals surface area contributed by atoms with Crippen LogP contribution < -0.4 is 15.4 Å². The van der Waals surface area contributed by atoms with Crippen molar-refractivity contribution in [3.8, 4) is 5.75 Å². The molecule has 0 amide bonds. The molecule has 1 saturated heterocycles. The first-order chi connectivity index (χ1) is 7.40. The van der Waals surface area contributed by atoms with E-state index < -0.39 is 0 Å². The van der Waals surface area contributed by atoms with Crippen LogP contribution in [0.25, 0.3) is 0 Å². The van der Waals surface area contributed by atoms with Crippen molar-refractivity contribution in [2.24, 2.45) is 0 Å². The van der Waals surface area contributed by atoms with Crippen molar-refractivity contribution in [1.82, 2.24) is 5.32 Å². The Hall–Kier alpha value is -1.22. The lowest BCUT2D eigenvalue weighted by Gasteiger charge is -2.14. The summed E-state index contributed by atoms with van der Waals surface area (Å²) in [6, 6.07) is 8.64. The van der Waals surface area contributed by atoms with E-state index in [0.29, 0.717) is 6.04 Å². The highest BCUT2D eigenvalue weighted by molar-refractivity contribution is 5.56. The Labute approximate surface area is 90.8 Å².